The van der Waals surface area contributed by atoms with E-state index in [4.69, 9.17) is 13.9 Å². The Morgan fingerprint density at radius 3 is 2.45 bits per heavy atom. The molecule has 1 amide bonds. The third kappa shape index (κ3) is 5.71. The highest BCUT2D eigenvalue weighted by atomic mass is 32.2. The topological polar surface area (TPSA) is 124 Å². The smallest absolute Gasteiger partial charge is 0.277 e. The number of ether oxygens (including phenoxy) is 2. The third-order valence-electron chi connectivity index (χ3n) is 4.82. The number of carbonyl (C=O) groups excluding carboxylic acids is 1. The second kappa shape index (κ2) is 10.3. The summed E-state index contributed by atoms with van der Waals surface area (Å²) in [5.41, 5.74) is 1.23. The monoisotopic (exact) mass is 490 g/mol. The summed E-state index contributed by atoms with van der Waals surface area (Å²) in [5, 5.41) is 10.9. The summed E-state index contributed by atoms with van der Waals surface area (Å²) in [5.74, 6) is 0.833. The molecule has 2 aromatic carbocycles. The van der Waals surface area contributed by atoms with Crippen molar-refractivity contribution in [3.05, 3.63) is 48.5 Å². The lowest BCUT2D eigenvalue weighted by atomic mass is 10.2. The molecule has 33 heavy (non-hydrogen) atoms. The van der Waals surface area contributed by atoms with Crippen LogP contribution >= 0.6 is 11.8 Å². The van der Waals surface area contributed by atoms with E-state index in [0.29, 0.717) is 37.9 Å². The van der Waals surface area contributed by atoms with Crippen molar-refractivity contribution in [1.29, 1.82) is 0 Å². The number of rotatable bonds is 8. The summed E-state index contributed by atoms with van der Waals surface area (Å²) in [6.45, 7) is 1.42. The zero-order valence-electron chi connectivity index (χ0n) is 17.8. The molecule has 10 nitrogen and oxygen atoms in total. The van der Waals surface area contributed by atoms with Crippen LogP contribution in [0.3, 0.4) is 0 Å². The molecule has 1 N–H and O–H groups in total. The molecule has 1 fully saturated rings. The number of hydrogen-bond donors (Lipinski definition) is 1. The second-order valence-electron chi connectivity index (χ2n) is 6.98. The third-order valence-corrected chi connectivity index (χ3v) is 7.55. The summed E-state index contributed by atoms with van der Waals surface area (Å²) in [4.78, 5) is 12.5. The number of aromatic nitrogens is 2. The number of nitrogens with zero attached hydrogens (tertiary/aromatic N) is 3. The lowest BCUT2D eigenvalue weighted by molar-refractivity contribution is -0.113. The highest BCUT2D eigenvalue weighted by Crippen LogP contribution is 2.25. The molecule has 174 valence electrons. The van der Waals surface area contributed by atoms with E-state index in [-0.39, 0.29) is 21.8 Å². The molecule has 0 atom stereocenters. The average Bonchev–Trinajstić information content (AvgIpc) is 3.33. The Bertz CT molecular complexity index is 1190. The zero-order valence-corrected chi connectivity index (χ0v) is 19.4. The van der Waals surface area contributed by atoms with Gasteiger partial charge < -0.3 is 19.2 Å². The van der Waals surface area contributed by atoms with Crippen LogP contribution < -0.4 is 10.1 Å². The number of thioether (sulfide) groups is 1. The molecule has 0 bridgehead atoms. The molecule has 0 saturated carbocycles. The van der Waals surface area contributed by atoms with Crippen LogP contribution in [-0.2, 0) is 19.6 Å². The number of anilines is 1. The number of carbonyl (C=O) groups is 1. The van der Waals surface area contributed by atoms with Gasteiger partial charge in [-0.3, -0.25) is 4.79 Å². The fourth-order valence-corrected chi connectivity index (χ4v) is 5.06. The molecule has 1 aliphatic rings. The summed E-state index contributed by atoms with van der Waals surface area (Å²) < 4.78 is 42.7. The van der Waals surface area contributed by atoms with Gasteiger partial charge in [0, 0.05) is 24.3 Å². The Morgan fingerprint density at radius 1 is 1.09 bits per heavy atom. The maximum atomic E-state index is 12.7. The summed E-state index contributed by atoms with van der Waals surface area (Å²) in [6.07, 6.45) is 0. The van der Waals surface area contributed by atoms with E-state index in [1.165, 1.54) is 16.4 Å². The fraction of sp³-hybridized carbons (Fsp3) is 0.286. The number of methoxy groups -OCH3 is 1. The predicted octanol–water partition coefficient (Wildman–Crippen LogP) is 2.50. The van der Waals surface area contributed by atoms with E-state index in [2.05, 4.69) is 15.5 Å². The first-order valence-corrected chi connectivity index (χ1v) is 12.5. The Morgan fingerprint density at radius 2 is 1.79 bits per heavy atom. The Hall–Kier alpha value is -2.93. The molecule has 1 aromatic heterocycles. The molecule has 4 rings (SSSR count). The minimum Gasteiger partial charge on any atom is -0.497 e. The quantitative estimate of drug-likeness (QED) is 0.474. The van der Waals surface area contributed by atoms with Crippen molar-refractivity contribution < 1.29 is 27.1 Å². The molecule has 0 aliphatic carbocycles. The van der Waals surface area contributed by atoms with Gasteiger partial charge in [-0.2, -0.15) is 4.31 Å². The van der Waals surface area contributed by atoms with E-state index in [1.54, 1.807) is 43.5 Å². The average molecular weight is 491 g/mol. The van der Waals surface area contributed by atoms with Gasteiger partial charge in [-0.1, -0.05) is 11.8 Å². The SMILES string of the molecule is COc1ccc(-c2nnc(SCC(=O)Nc3ccc(S(=O)(=O)N4CCOCC4)cc3)o2)cc1. The van der Waals surface area contributed by atoms with Crippen molar-refractivity contribution >= 4 is 33.4 Å². The van der Waals surface area contributed by atoms with Crippen molar-refractivity contribution in [2.75, 3.05) is 44.5 Å². The first kappa shape index (κ1) is 23.2. The maximum Gasteiger partial charge on any atom is 0.277 e. The Balaban J connectivity index is 1.30. The maximum absolute atomic E-state index is 12.7. The van der Waals surface area contributed by atoms with Crippen LogP contribution in [0.15, 0.2) is 63.1 Å². The Kier molecular flexibility index (Phi) is 7.28. The summed E-state index contributed by atoms with van der Waals surface area (Å²) in [6, 6.07) is 13.3. The van der Waals surface area contributed by atoms with Crippen LogP contribution in [0.25, 0.3) is 11.5 Å². The van der Waals surface area contributed by atoms with Crippen molar-refractivity contribution in [3.63, 3.8) is 0 Å². The van der Waals surface area contributed by atoms with Crippen LogP contribution in [-0.4, -0.2) is 68.0 Å². The lowest BCUT2D eigenvalue weighted by Gasteiger charge is -2.26. The highest BCUT2D eigenvalue weighted by molar-refractivity contribution is 7.99. The van der Waals surface area contributed by atoms with Gasteiger partial charge in [0.05, 0.1) is 31.0 Å². The van der Waals surface area contributed by atoms with Crippen molar-refractivity contribution in [2.45, 2.75) is 10.1 Å². The molecular weight excluding hydrogens is 468 g/mol. The van der Waals surface area contributed by atoms with Crippen molar-refractivity contribution in [2.24, 2.45) is 0 Å². The van der Waals surface area contributed by atoms with E-state index in [0.717, 1.165) is 23.1 Å². The minimum absolute atomic E-state index is 0.0536. The molecule has 1 saturated heterocycles. The van der Waals surface area contributed by atoms with Gasteiger partial charge in [-0.15, -0.1) is 10.2 Å². The van der Waals surface area contributed by atoms with Crippen LogP contribution in [0.2, 0.25) is 0 Å². The van der Waals surface area contributed by atoms with Crippen molar-refractivity contribution in [1.82, 2.24) is 14.5 Å². The van der Waals surface area contributed by atoms with Gasteiger partial charge >= 0.3 is 0 Å². The first-order valence-electron chi connectivity index (χ1n) is 10.0. The number of nitrogens with one attached hydrogen (secondary N) is 1. The molecule has 1 aliphatic heterocycles. The normalized spacial score (nSPS) is 14.7. The van der Waals surface area contributed by atoms with E-state index in [9.17, 15) is 13.2 Å². The van der Waals surface area contributed by atoms with Gasteiger partial charge in [-0.25, -0.2) is 8.42 Å². The number of amides is 1. The van der Waals surface area contributed by atoms with Gasteiger partial charge in [-0.05, 0) is 48.5 Å². The van der Waals surface area contributed by atoms with Gasteiger partial charge in [0.2, 0.25) is 21.8 Å². The van der Waals surface area contributed by atoms with Crippen LogP contribution in [0.5, 0.6) is 5.75 Å². The molecule has 0 radical (unpaired) electrons. The minimum atomic E-state index is -3.58. The van der Waals surface area contributed by atoms with E-state index >= 15 is 0 Å². The van der Waals surface area contributed by atoms with Crippen molar-refractivity contribution in [3.8, 4) is 17.2 Å². The lowest BCUT2D eigenvalue weighted by Crippen LogP contribution is -2.40. The molecule has 12 heteroatoms. The molecule has 3 aromatic rings. The second-order valence-corrected chi connectivity index (χ2v) is 9.84. The molecule has 2 heterocycles. The number of benzene rings is 2. The highest BCUT2D eigenvalue weighted by Gasteiger charge is 2.26. The summed E-state index contributed by atoms with van der Waals surface area (Å²) >= 11 is 1.11. The number of sulfonamides is 1. The number of morpholine rings is 1. The van der Waals surface area contributed by atoms with Gasteiger partial charge in [0.1, 0.15) is 5.75 Å². The first-order chi connectivity index (χ1) is 16.0. The Labute approximate surface area is 195 Å². The van der Waals surface area contributed by atoms with Crippen LogP contribution in [0.4, 0.5) is 5.69 Å². The number of hydrogen-bond acceptors (Lipinski definition) is 9. The van der Waals surface area contributed by atoms with Gasteiger partial charge in [0.15, 0.2) is 0 Å². The van der Waals surface area contributed by atoms with E-state index in [1.807, 2.05) is 0 Å². The van der Waals surface area contributed by atoms with Crippen LogP contribution in [0, 0.1) is 0 Å². The van der Waals surface area contributed by atoms with Crippen LogP contribution in [0.1, 0.15) is 0 Å². The standard InChI is InChI=1S/C21H22N4O6S2/c1-29-17-6-2-15(3-7-17)20-23-24-21(31-20)32-14-19(26)22-16-4-8-18(9-5-16)33(27,28)25-10-12-30-13-11-25/h2-9H,10-14H2,1H3,(H,22,26). The predicted molar refractivity (Wildman–Crippen MR) is 122 cm³/mol. The van der Waals surface area contributed by atoms with E-state index < -0.39 is 10.0 Å². The summed E-state index contributed by atoms with van der Waals surface area (Å²) in [7, 11) is -1.99. The molecular formula is C21H22N4O6S2. The molecule has 0 spiro atoms. The largest absolute Gasteiger partial charge is 0.497 e. The molecule has 0 unspecified atom stereocenters. The van der Waals surface area contributed by atoms with Gasteiger partial charge in [0.25, 0.3) is 5.22 Å². The fourth-order valence-electron chi connectivity index (χ4n) is 3.09. The zero-order chi connectivity index (χ0) is 23.3.